The summed E-state index contributed by atoms with van der Waals surface area (Å²) in [6.07, 6.45) is -4.41. The molecule has 0 fully saturated rings. The lowest BCUT2D eigenvalue weighted by Gasteiger charge is -2.15. The second-order valence-corrected chi connectivity index (χ2v) is 3.97. The van der Waals surface area contributed by atoms with Gasteiger partial charge in [-0.2, -0.15) is 13.2 Å². The van der Waals surface area contributed by atoms with E-state index in [4.69, 9.17) is 5.73 Å². The van der Waals surface area contributed by atoms with Crippen LogP contribution in [-0.2, 0) is 15.7 Å². The topological polar surface area (TPSA) is 64.3 Å². The third-order valence-electron chi connectivity index (χ3n) is 2.44. The van der Waals surface area contributed by atoms with E-state index in [0.29, 0.717) is 5.56 Å². The summed E-state index contributed by atoms with van der Waals surface area (Å²) in [5.41, 5.74) is 5.28. The summed E-state index contributed by atoms with van der Waals surface area (Å²) in [5.74, 6) is -0.370. The molecule has 0 spiro atoms. The highest BCUT2D eigenvalue weighted by Gasteiger charge is 2.30. The molecule has 0 saturated heterocycles. The average molecular weight is 276 g/mol. The number of halogens is 3. The van der Waals surface area contributed by atoms with Crippen molar-refractivity contribution in [3.63, 3.8) is 0 Å². The van der Waals surface area contributed by atoms with Gasteiger partial charge in [-0.1, -0.05) is 12.1 Å². The predicted molar refractivity (Wildman–Crippen MR) is 63.3 cm³/mol. The molecule has 0 aliphatic heterocycles. The van der Waals surface area contributed by atoms with Crippen molar-refractivity contribution in [1.82, 2.24) is 5.32 Å². The minimum absolute atomic E-state index is 0.0451. The summed E-state index contributed by atoms with van der Waals surface area (Å²) >= 11 is 0. The number of hydrogen-bond acceptors (Lipinski definition) is 3. The molecule has 0 aliphatic rings. The van der Waals surface area contributed by atoms with Crippen LogP contribution >= 0.6 is 0 Å². The van der Waals surface area contributed by atoms with Crippen LogP contribution in [0.4, 0.5) is 13.2 Å². The lowest BCUT2D eigenvalue weighted by atomic mass is 10.0. The molecule has 0 aliphatic carbocycles. The van der Waals surface area contributed by atoms with E-state index >= 15 is 0 Å². The van der Waals surface area contributed by atoms with Crippen LogP contribution in [0.15, 0.2) is 24.3 Å². The molecule has 1 amide bonds. The smallest absolute Gasteiger partial charge is 0.375 e. The lowest BCUT2D eigenvalue weighted by Crippen LogP contribution is -2.34. The molecule has 0 aromatic heterocycles. The number of benzene rings is 1. The van der Waals surface area contributed by atoms with Crippen molar-refractivity contribution in [3.05, 3.63) is 35.4 Å². The van der Waals surface area contributed by atoms with Crippen molar-refractivity contribution in [2.75, 3.05) is 20.3 Å². The quantitative estimate of drug-likeness (QED) is 0.856. The van der Waals surface area contributed by atoms with E-state index in [9.17, 15) is 18.0 Å². The van der Waals surface area contributed by atoms with Gasteiger partial charge in [-0.3, -0.25) is 4.79 Å². The molecule has 1 atom stereocenters. The minimum atomic E-state index is -4.41. The van der Waals surface area contributed by atoms with Crippen LogP contribution in [0.1, 0.15) is 17.2 Å². The van der Waals surface area contributed by atoms with E-state index < -0.39 is 17.8 Å². The number of nitrogens with one attached hydrogen (secondary N) is 1. The van der Waals surface area contributed by atoms with Crippen molar-refractivity contribution in [2.45, 2.75) is 12.2 Å². The standard InChI is InChI=1S/C12H15F3N2O2/c1-19-7-11(18)17-6-10(16)8-3-2-4-9(5-8)12(13,14)15/h2-5,10H,6-7,16H2,1H3,(H,17,18). The van der Waals surface area contributed by atoms with Gasteiger partial charge in [-0.25, -0.2) is 0 Å². The zero-order valence-electron chi connectivity index (χ0n) is 10.3. The lowest BCUT2D eigenvalue weighted by molar-refractivity contribution is -0.137. The number of hydrogen-bond donors (Lipinski definition) is 2. The molecule has 1 aromatic carbocycles. The molecular formula is C12H15F3N2O2. The molecule has 1 rings (SSSR count). The average Bonchev–Trinajstić information content (AvgIpc) is 2.35. The van der Waals surface area contributed by atoms with Gasteiger partial charge in [0.25, 0.3) is 0 Å². The molecule has 1 aromatic rings. The Morgan fingerprint density at radius 3 is 2.74 bits per heavy atom. The fourth-order valence-corrected chi connectivity index (χ4v) is 1.47. The number of methoxy groups -OCH3 is 1. The summed E-state index contributed by atoms with van der Waals surface area (Å²) in [6, 6.07) is 4.02. The number of rotatable bonds is 5. The van der Waals surface area contributed by atoms with Crippen molar-refractivity contribution in [3.8, 4) is 0 Å². The van der Waals surface area contributed by atoms with E-state index in [1.165, 1.54) is 19.2 Å². The van der Waals surface area contributed by atoms with Crippen molar-refractivity contribution < 1.29 is 22.7 Å². The third-order valence-corrected chi connectivity index (χ3v) is 2.44. The van der Waals surface area contributed by atoms with Crippen molar-refractivity contribution >= 4 is 5.91 Å². The molecule has 1 unspecified atom stereocenters. The Labute approximate surface area is 108 Å². The van der Waals surface area contributed by atoms with Gasteiger partial charge in [-0.15, -0.1) is 0 Å². The molecule has 106 valence electrons. The highest BCUT2D eigenvalue weighted by molar-refractivity contribution is 5.77. The Morgan fingerprint density at radius 2 is 2.16 bits per heavy atom. The molecular weight excluding hydrogens is 261 g/mol. The highest BCUT2D eigenvalue weighted by atomic mass is 19.4. The van der Waals surface area contributed by atoms with Gasteiger partial charge in [0.2, 0.25) is 5.91 Å². The van der Waals surface area contributed by atoms with E-state index in [2.05, 4.69) is 10.1 Å². The van der Waals surface area contributed by atoms with E-state index in [1.807, 2.05) is 0 Å². The molecule has 4 nitrogen and oxygen atoms in total. The Kier molecular flexibility index (Phi) is 5.31. The van der Waals surface area contributed by atoms with Crippen LogP contribution in [-0.4, -0.2) is 26.2 Å². The maximum absolute atomic E-state index is 12.5. The maximum Gasteiger partial charge on any atom is 0.416 e. The monoisotopic (exact) mass is 276 g/mol. The van der Waals surface area contributed by atoms with Gasteiger partial charge < -0.3 is 15.8 Å². The number of nitrogens with two attached hydrogens (primary N) is 1. The first-order valence-electron chi connectivity index (χ1n) is 5.53. The second kappa shape index (κ2) is 6.53. The van der Waals surface area contributed by atoms with Crippen LogP contribution in [0.5, 0.6) is 0 Å². The number of carbonyl (C=O) groups is 1. The van der Waals surface area contributed by atoms with Gasteiger partial charge >= 0.3 is 6.18 Å². The van der Waals surface area contributed by atoms with Crippen molar-refractivity contribution in [2.24, 2.45) is 5.73 Å². The normalized spacial score (nSPS) is 13.1. The van der Waals surface area contributed by atoms with Gasteiger partial charge in [-0.05, 0) is 17.7 Å². The van der Waals surface area contributed by atoms with Crippen LogP contribution in [0.25, 0.3) is 0 Å². The van der Waals surface area contributed by atoms with Gasteiger partial charge in [0.15, 0.2) is 0 Å². The summed E-state index contributed by atoms with van der Waals surface area (Å²) in [4.78, 5) is 11.1. The highest BCUT2D eigenvalue weighted by Crippen LogP contribution is 2.30. The third kappa shape index (κ3) is 4.88. The summed E-state index contributed by atoms with van der Waals surface area (Å²) in [6.45, 7) is -0.0706. The first kappa shape index (κ1) is 15.5. The number of alkyl halides is 3. The number of amides is 1. The van der Waals surface area contributed by atoms with Gasteiger partial charge in [0, 0.05) is 19.7 Å². The molecule has 7 heteroatoms. The second-order valence-electron chi connectivity index (χ2n) is 3.97. The molecule has 0 bridgehead atoms. The Balaban J connectivity index is 2.67. The van der Waals surface area contributed by atoms with E-state index in [0.717, 1.165) is 12.1 Å². The van der Waals surface area contributed by atoms with E-state index in [-0.39, 0.29) is 19.1 Å². The van der Waals surface area contributed by atoms with Crippen LogP contribution < -0.4 is 11.1 Å². The molecule has 0 heterocycles. The largest absolute Gasteiger partial charge is 0.416 e. The first-order valence-corrected chi connectivity index (χ1v) is 5.53. The Bertz CT molecular complexity index is 435. The predicted octanol–water partition coefficient (Wildman–Crippen LogP) is 1.47. The van der Waals surface area contributed by atoms with Gasteiger partial charge in [0.1, 0.15) is 6.61 Å². The molecule has 0 saturated carbocycles. The Hall–Kier alpha value is -1.60. The zero-order valence-corrected chi connectivity index (χ0v) is 10.3. The van der Waals surface area contributed by atoms with Gasteiger partial charge in [0.05, 0.1) is 5.56 Å². The summed E-state index contributed by atoms with van der Waals surface area (Å²) < 4.78 is 42.2. The first-order chi connectivity index (χ1) is 8.84. The molecule has 19 heavy (non-hydrogen) atoms. The molecule has 3 N–H and O–H groups in total. The van der Waals surface area contributed by atoms with Crippen LogP contribution in [0, 0.1) is 0 Å². The van der Waals surface area contributed by atoms with Crippen LogP contribution in [0.3, 0.4) is 0 Å². The van der Waals surface area contributed by atoms with Crippen LogP contribution in [0.2, 0.25) is 0 Å². The molecule has 0 radical (unpaired) electrons. The minimum Gasteiger partial charge on any atom is -0.375 e. The van der Waals surface area contributed by atoms with Crippen molar-refractivity contribution in [1.29, 1.82) is 0 Å². The summed E-state index contributed by atoms with van der Waals surface area (Å²) in [5, 5.41) is 2.47. The number of ether oxygens (including phenoxy) is 1. The fourth-order valence-electron chi connectivity index (χ4n) is 1.47. The SMILES string of the molecule is COCC(=O)NCC(N)c1cccc(C(F)(F)F)c1. The Morgan fingerprint density at radius 1 is 1.47 bits per heavy atom. The number of carbonyl (C=O) groups excluding carboxylic acids is 1. The van der Waals surface area contributed by atoms with E-state index in [1.54, 1.807) is 0 Å². The fraction of sp³-hybridized carbons (Fsp3) is 0.417. The zero-order chi connectivity index (χ0) is 14.5. The summed E-state index contributed by atoms with van der Waals surface area (Å²) in [7, 11) is 1.37. The maximum atomic E-state index is 12.5.